The van der Waals surface area contributed by atoms with Crippen LogP contribution in [0.5, 0.6) is 0 Å². The van der Waals surface area contributed by atoms with Crippen LogP contribution in [-0.4, -0.2) is 0 Å². The Bertz CT molecular complexity index is 3210. The summed E-state index contributed by atoms with van der Waals surface area (Å²) >= 11 is 0. The van der Waals surface area contributed by atoms with Gasteiger partial charge in [-0.1, -0.05) is 200 Å². The van der Waals surface area contributed by atoms with Crippen LogP contribution in [-0.2, 0) is 0 Å². The Kier molecular flexibility index (Phi) is 7.46. The van der Waals surface area contributed by atoms with E-state index in [1.54, 1.807) is 0 Å². The van der Waals surface area contributed by atoms with E-state index in [0.717, 1.165) is 0 Å². The first-order valence-corrected chi connectivity index (χ1v) is 20.4. The predicted molar refractivity (Wildman–Crippen MR) is 243 cm³/mol. The summed E-state index contributed by atoms with van der Waals surface area (Å²) in [6.07, 6.45) is 0. The first-order valence-electron chi connectivity index (χ1n) is 20.4. The highest BCUT2D eigenvalue weighted by molar-refractivity contribution is 6.04. The molecule has 0 aromatic heterocycles. The van der Waals surface area contributed by atoms with Crippen molar-refractivity contribution in [1.82, 2.24) is 0 Å². The fourth-order valence-corrected chi connectivity index (χ4v) is 10.2. The highest BCUT2D eigenvalue weighted by Crippen LogP contribution is 2.54. The van der Waals surface area contributed by atoms with Gasteiger partial charge in [0.15, 0.2) is 0 Å². The minimum Gasteiger partial charge on any atom is -0.0622 e. The first-order chi connectivity index (χ1) is 28.8. The Morgan fingerprint density at radius 2 is 0.776 bits per heavy atom. The molecule has 2 unspecified atom stereocenters. The van der Waals surface area contributed by atoms with E-state index < -0.39 is 0 Å². The van der Waals surface area contributed by atoms with Crippen molar-refractivity contribution in [3.63, 3.8) is 0 Å². The van der Waals surface area contributed by atoms with E-state index in [4.69, 9.17) is 0 Å². The summed E-state index contributed by atoms with van der Waals surface area (Å²) in [5.74, 6) is 0.350. The lowest BCUT2D eigenvalue weighted by molar-refractivity contribution is 1.01. The summed E-state index contributed by atoms with van der Waals surface area (Å²) in [6.45, 7) is 0. The molecule has 2 aliphatic carbocycles. The summed E-state index contributed by atoms with van der Waals surface area (Å²) < 4.78 is 0. The molecule has 0 fully saturated rings. The standard InChI is InChI=1S/C58H38/c1-3-13-37(14-4-1)38-23-25-40(26-24-38)53-36-45(33-44-18-8-9-19-46(44)53)57-51-31-29-43(35-55(51)58-47-20-10-7-15-39(47)27-32-52(57)58)42-28-30-50-54(34-42)48-21-11-12-22-49(48)56(50)41-16-5-2-6-17-41/h1-36,56-57H. The van der Waals surface area contributed by atoms with E-state index in [9.17, 15) is 0 Å². The largest absolute Gasteiger partial charge is 0.0622 e. The minimum absolute atomic E-state index is 0.106. The van der Waals surface area contributed by atoms with Crippen LogP contribution in [0.1, 0.15) is 45.2 Å². The van der Waals surface area contributed by atoms with E-state index in [-0.39, 0.29) is 11.8 Å². The zero-order chi connectivity index (χ0) is 38.2. The van der Waals surface area contributed by atoms with Gasteiger partial charge in [0.05, 0.1) is 0 Å². The molecule has 0 saturated carbocycles. The molecule has 270 valence electrons. The predicted octanol–water partition coefficient (Wildman–Crippen LogP) is 15.3. The first kappa shape index (κ1) is 32.9. The van der Waals surface area contributed by atoms with Gasteiger partial charge in [-0.15, -0.1) is 0 Å². The van der Waals surface area contributed by atoms with Crippen molar-refractivity contribution in [2.75, 3.05) is 0 Å². The lowest BCUT2D eigenvalue weighted by atomic mass is 9.84. The summed E-state index contributed by atoms with van der Waals surface area (Å²) in [4.78, 5) is 0. The zero-order valence-corrected chi connectivity index (χ0v) is 31.9. The quantitative estimate of drug-likeness (QED) is 0.165. The number of benzene rings is 10. The van der Waals surface area contributed by atoms with Gasteiger partial charge < -0.3 is 0 Å². The Hall–Kier alpha value is -7.28. The van der Waals surface area contributed by atoms with E-state index in [1.165, 1.54) is 111 Å². The topological polar surface area (TPSA) is 0 Å². The van der Waals surface area contributed by atoms with Crippen LogP contribution in [0.4, 0.5) is 0 Å². The molecule has 10 aromatic rings. The molecule has 0 bridgehead atoms. The van der Waals surface area contributed by atoms with Gasteiger partial charge >= 0.3 is 0 Å². The number of rotatable bonds is 5. The SMILES string of the molecule is c1ccc(-c2ccc(-c3cc(C4c5ccc(-c6ccc7c(c6)-c6ccccc6C7c6ccccc6)cc5-c5c4ccc4ccccc54)cc4ccccc34)cc2)cc1. The molecule has 0 radical (unpaired) electrons. The molecule has 0 nitrogen and oxygen atoms in total. The van der Waals surface area contributed by atoms with Crippen LogP contribution in [0.25, 0.3) is 77.2 Å². The van der Waals surface area contributed by atoms with Gasteiger partial charge in [0.1, 0.15) is 0 Å². The third-order valence-corrected chi connectivity index (χ3v) is 12.8. The normalized spacial score (nSPS) is 14.9. The Morgan fingerprint density at radius 1 is 0.241 bits per heavy atom. The van der Waals surface area contributed by atoms with Gasteiger partial charge in [0, 0.05) is 11.8 Å². The van der Waals surface area contributed by atoms with Crippen molar-refractivity contribution in [2.45, 2.75) is 11.8 Å². The molecule has 0 N–H and O–H groups in total. The number of fused-ring (bicyclic) bond motifs is 9. The zero-order valence-electron chi connectivity index (χ0n) is 31.9. The lowest BCUT2D eigenvalue weighted by Crippen LogP contribution is -2.00. The molecule has 2 atom stereocenters. The van der Waals surface area contributed by atoms with Crippen LogP contribution in [0, 0.1) is 0 Å². The molecule has 0 aliphatic heterocycles. The third-order valence-electron chi connectivity index (χ3n) is 12.8. The Labute approximate surface area is 339 Å². The van der Waals surface area contributed by atoms with Gasteiger partial charge in [-0.3, -0.25) is 0 Å². The van der Waals surface area contributed by atoms with Gasteiger partial charge in [-0.25, -0.2) is 0 Å². The highest BCUT2D eigenvalue weighted by Gasteiger charge is 2.33. The molecule has 58 heavy (non-hydrogen) atoms. The maximum Gasteiger partial charge on any atom is 0.0352 e. The maximum atomic E-state index is 2.47. The second-order valence-electron chi connectivity index (χ2n) is 16.0. The van der Waals surface area contributed by atoms with Gasteiger partial charge in [-0.2, -0.15) is 0 Å². The third kappa shape index (κ3) is 5.15. The second kappa shape index (κ2) is 13.2. The monoisotopic (exact) mass is 734 g/mol. The average Bonchev–Trinajstić information content (AvgIpc) is 3.82. The van der Waals surface area contributed by atoms with E-state index >= 15 is 0 Å². The molecule has 0 spiro atoms. The summed E-state index contributed by atoms with van der Waals surface area (Å²) in [5, 5.41) is 5.13. The molecular weight excluding hydrogens is 697 g/mol. The van der Waals surface area contributed by atoms with E-state index in [2.05, 4.69) is 218 Å². The van der Waals surface area contributed by atoms with Crippen molar-refractivity contribution in [1.29, 1.82) is 0 Å². The van der Waals surface area contributed by atoms with Crippen LogP contribution < -0.4 is 0 Å². The van der Waals surface area contributed by atoms with Crippen LogP contribution in [0.3, 0.4) is 0 Å². The fourth-order valence-electron chi connectivity index (χ4n) is 10.2. The molecule has 12 rings (SSSR count). The average molecular weight is 735 g/mol. The molecule has 0 heteroatoms. The van der Waals surface area contributed by atoms with Crippen molar-refractivity contribution < 1.29 is 0 Å². The summed E-state index contributed by atoms with van der Waals surface area (Å²) in [7, 11) is 0. The smallest absolute Gasteiger partial charge is 0.0352 e. The van der Waals surface area contributed by atoms with Crippen molar-refractivity contribution in [3.05, 3.63) is 252 Å². The second-order valence-corrected chi connectivity index (χ2v) is 16.0. The summed E-state index contributed by atoms with van der Waals surface area (Å²) in [5.41, 5.74) is 21.0. The fraction of sp³-hybridized carbons (Fsp3) is 0.0345. The lowest BCUT2D eigenvalue weighted by Gasteiger charge is -2.19. The molecule has 0 amide bonds. The molecule has 0 saturated heterocycles. The van der Waals surface area contributed by atoms with Gasteiger partial charge in [0.2, 0.25) is 0 Å². The number of hydrogen-bond donors (Lipinski definition) is 0. The van der Waals surface area contributed by atoms with Crippen LogP contribution in [0.15, 0.2) is 218 Å². The molecule has 0 heterocycles. The minimum atomic E-state index is 0.106. The maximum absolute atomic E-state index is 2.47. The highest BCUT2D eigenvalue weighted by atomic mass is 14.4. The summed E-state index contributed by atoms with van der Waals surface area (Å²) in [6, 6.07) is 81.5. The van der Waals surface area contributed by atoms with Crippen molar-refractivity contribution in [2.24, 2.45) is 0 Å². The van der Waals surface area contributed by atoms with Gasteiger partial charge in [0.25, 0.3) is 0 Å². The van der Waals surface area contributed by atoms with Crippen molar-refractivity contribution >= 4 is 21.5 Å². The Balaban J connectivity index is 1.01. The molecule has 10 aromatic carbocycles. The Morgan fingerprint density at radius 3 is 1.57 bits per heavy atom. The van der Waals surface area contributed by atoms with Crippen LogP contribution >= 0.6 is 0 Å². The number of hydrogen-bond acceptors (Lipinski definition) is 0. The van der Waals surface area contributed by atoms with E-state index in [0.29, 0.717) is 0 Å². The van der Waals surface area contributed by atoms with Crippen LogP contribution in [0.2, 0.25) is 0 Å². The molecular formula is C58H38. The van der Waals surface area contributed by atoms with Gasteiger partial charge in [-0.05, 0) is 129 Å². The van der Waals surface area contributed by atoms with E-state index in [1.807, 2.05) is 0 Å². The molecule has 2 aliphatic rings. The van der Waals surface area contributed by atoms with Crippen molar-refractivity contribution in [3.8, 4) is 55.6 Å².